The molecule has 0 heterocycles. The van der Waals surface area contributed by atoms with Gasteiger partial charge in [-0.2, -0.15) is 0 Å². The second kappa shape index (κ2) is 4.68. The number of carbonyl (C=O) groups excluding carboxylic acids is 1. The van der Waals surface area contributed by atoms with Crippen LogP contribution in [0.15, 0.2) is 42.5 Å². The van der Waals surface area contributed by atoms with Crippen molar-refractivity contribution in [2.24, 2.45) is 0 Å². The third kappa shape index (κ3) is 2.53. The van der Waals surface area contributed by atoms with Crippen molar-refractivity contribution in [2.45, 2.75) is 6.92 Å². The average Bonchev–Trinajstić information content (AvgIpc) is 2.29. The minimum atomic E-state index is -0.352. The van der Waals surface area contributed by atoms with Gasteiger partial charge in [0.05, 0.1) is 0 Å². The summed E-state index contributed by atoms with van der Waals surface area (Å²) in [6.45, 7) is 1.82. The summed E-state index contributed by atoms with van der Waals surface area (Å²) in [6, 6.07) is 10.6. The van der Waals surface area contributed by atoms with Crippen LogP contribution in [-0.4, -0.2) is 5.78 Å². The van der Waals surface area contributed by atoms with Crippen LogP contribution in [0.25, 0.3) is 0 Å². The third-order valence-corrected chi connectivity index (χ3v) is 2.77. The van der Waals surface area contributed by atoms with Crippen LogP contribution in [0.1, 0.15) is 21.5 Å². The van der Waals surface area contributed by atoms with Crippen LogP contribution in [0, 0.1) is 12.7 Å². The number of hydrogen-bond donors (Lipinski definition) is 0. The molecule has 17 heavy (non-hydrogen) atoms. The van der Waals surface area contributed by atoms with Crippen molar-refractivity contribution in [1.82, 2.24) is 0 Å². The van der Waals surface area contributed by atoms with Gasteiger partial charge in [0, 0.05) is 16.1 Å². The van der Waals surface area contributed by atoms with E-state index in [9.17, 15) is 9.18 Å². The van der Waals surface area contributed by atoms with E-state index in [-0.39, 0.29) is 11.6 Å². The fraction of sp³-hybridized carbons (Fsp3) is 0.0714. The first kappa shape index (κ1) is 11.8. The van der Waals surface area contributed by atoms with Gasteiger partial charge in [-0.3, -0.25) is 4.79 Å². The van der Waals surface area contributed by atoms with Crippen molar-refractivity contribution in [3.05, 3.63) is 70.0 Å². The number of aryl methyl sites for hydroxylation is 1. The lowest BCUT2D eigenvalue weighted by Gasteiger charge is -2.05. The molecule has 0 aromatic heterocycles. The Balaban J connectivity index is 2.40. The van der Waals surface area contributed by atoms with Crippen LogP contribution < -0.4 is 0 Å². The van der Waals surface area contributed by atoms with Gasteiger partial charge in [-0.15, -0.1) is 0 Å². The number of rotatable bonds is 2. The molecule has 0 saturated heterocycles. The molecular formula is C14H10ClFO. The van der Waals surface area contributed by atoms with Gasteiger partial charge >= 0.3 is 0 Å². The summed E-state index contributed by atoms with van der Waals surface area (Å²) in [4.78, 5) is 12.1. The van der Waals surface area contributed by atoms with Crippen molar-refractivity contribution in [2.75, 3.05) is 0 Å². The Morgan fingerprint density at radius 1 is 1.12 bits per heavy atom. The van der Waals surface area contributed by atoms with Crippen LogP contribution in [-0.2, 0) is 0 Å². The van der Waals surface area contributed by atoms with E-state index in [1.165, 1.54) is 24.3 Å². The molecule has 0 saturated carbocycles. The molecule has 0 bridgehead atoms. The summed E-state index contributed by atoms with van der Waals surface area (Å²) < 4.78 is 12.8. The first-order valence-electron chi connectivity index (χ1n) is 5.14. The van der Waals surface area contributed by atoms with Crippen molar-refractivity contribution >= 4 is 17.4 Å². The topological polar surface area (TPSA) is 17.1 Å². The van der Waals surface area contributed by atoms with Crippen molar-refractivity contribution < 1.29 is 9.18 Å². The third-order valence-electron chi connectivity index (χ3n) is 2.54. The molecule has 0 fully saturated rings. The van der Waals surface area contributed by atoms with E-state index in [1.54, 1.807) is 18.2 Å². The van der Waals surface area contributed by atoms with E-state index in [2.05, 4.69) is 0 Å². The lowest BCUT2D eigenvalue weighted by molar-refractivity contribution is 0.103. The molecule has 0 atom stereocenters. The average molecular weight is 249 g/mol. The maximum Gasteiger partial charge on any atom is 0.193 e. The lowest BCUT2D eigenvalue weighted by atomic mass is 9.99. The molecule has 0 unspecified atom stereocenters. The van der Waals surface area contributed by atoms with E-state index >= 15 is 0 Å². The van der Waals surface area contributed by atoms with Gasteiger partial charge < -0.3 is 0 Å². The highest BCUT2D eigenvalue weighted by atomic mass is 35.5. The number of hydrogen-bond acceptors (Lipinski definition) is 1. The predicted molar refractivity (Wildman–Crippen MR) is 66.0 cm³/mol. The summed E-state index contributed by atoms with van der Waals surface area (Å²) >= 11 is 5.83. The summed E-state index contributed by atoms with van der Waals surface area (Å²) in [5.74, 6) is -0.478. The van der Waals surface area contributed by atoms with Crippen LogP contribution in [0.2, 0.25) is 5.02 Å². The predicted octanol–water partition coefficient (Wildman–Crippen LogP) is 4.02. The number of ketones is 1. The fourth-order valence-electron chi connectivity index (χ4n) is 1.64. The van der Waals surface area contributed by atoms with Gasteiger partial charge in [-0.1, -0.05) is 11.6 Å². The Hall–Kier alpha value is -1.67. The number of benzene rings is 2. The van der Waals surface area contributed by atoms with Gasteiger partial charge in [-0.25, -0.2) is 4.39 Å². The molecule has 0 amide bonds. The van der Waals surface area contributed by atoms with Crippen LogP contribution in [0.4, 0.5) is 4.39 Å². The SMILES string of the molecule is Cc1cc(Cl)ccc1C(=O)c1ccc(F)cc1. The first-order chi connectivity index (χ1) is 8.08. The minimum Gasteiger partial charge on any atom is -0.289 e. The Morgan fingerprint density at radius 2 is 1.76 bits per heavy atom. The molecule has 0 N–H and O–H groups in total. The van der Waals surface area contributed by atoms with Gasteiger partial charge in [0.1, 0.15) is 5.82 Å². The Kier molecular flexibility index (Phi) is 3.25. The van der Waals surface area contributed by atoms with Crippen LogP contribution in [0.3, 0.4) is 0 Å². The number of carbonyl (C=O) groups is 1. The number of halogens is 2. The van der Waals surface area contributed by atoms with E-state index in [4.69, 9.17) is 11.6 Å². The molecule has 0 aliphatic rings. The van der Waals surface area contributed by atoms with Gasteiger partial charge in [0.2, 0.25) is 0 Å². The van der Waals surface area contributed by atoms with Gasteiger partial charge in [0.15, 0.2) is 5.78 Å². The molecule has 2 aromatic carbocycles. The van der Waals surface area contributed by atoms with E-state index < -0.39 is 0 Å². The van der Waals surface area contributed by atoms with E-state index in [1.807, 2.05) is 6.92 Å². The monoisotopic (exact) mass is 248 g/mol. The Labute approximate surface area is 104 Å². The molecule has 2 aromatic rings. The summed E-state index contributed by atoms with van der Waals surface area (Å²) in [5, 5.41) is 0.596. The summed E-state index contributed by atoms with van der Waals surface area (Å²) in [6.07, 6.45) is 0. The lowest BCUT2D eigenvalue weighted by Crippen LogP contribution is -2.03. The zero-order valence-corrected chi connectivity index (χ0v) is 9.96. The molecule has 0 aliphatic heterocycles. The molecule has 2 rings (SSSR count). The molecular weight excluding hydrogens is 239 g/mol. The highest BCUT2D eigenvalue weighted by molar-refractivity contribution is 6.30. The minimum absolute atomic E-state index is 0.126. The highest BCUT2D eigenvalue weighted by Gasteiger charge is 2.11. The second-order valence-corrected chi connectivity index (χ2v) is 4.23. The van der Waals surface area contributed by atoms with Crippen LogP contribution >= 0.6 is 11.6 Å². The quantitative estimate of drug-likeness (QED) is 0.734. The Morgan fingerprint density at radius 3 is 2.35 bits per heavy atom. The van der Waals surface area contributed by atoms with Crippen LogP contribution in [0.5, 0.6) is 0 Å². The summed E-state index contributed by atoms with van der Waals surface area (Å²) in [7, 11) is 0. The largest absolute Gasteiger partial charge is 0.289 e. The molecule has 3 heteroatoms. The smallest absolute Gasteiger partial charge is 0.193 e. The standard InChI is InChI=1S/C14H10ClFO/c1-9-8-11(15)4-7-13(9)14(17)10-2-5-12(16)6-3-10/h2-8H,1H3. The zero-order valence-electron chi connectivity index (χ0n) is 9.21. The van der Waals surface area contributed by atoms with E-state index in [0.29, 0.717) is 16.1 Å². The van der Waals surface area contributed by atoms with E-state index in [0.717, 1.165) is 5.56 Å². The first-order valence-corrected chi connectivity index (χ1v) is 5.52. The molecule has 1 nitrogen and oxygen atoms in total. The molecule has 0 aliphatic carbocycles. The fourth-order valence-corrected chi connectivity index (χ4v) is 1.87. The second-order valence-electron chi connectivity index (χ2n) is 3.80. The zero-order chi connectivity index (χ0) is 12.4. The molecule has 86 valence electrons. The molecule has 0 radical (unpaired) electrons. The maximum absolute atomic E-state index is 12.8. The van der Waals surface area contributed by atoms with Crippen molar-refractivity contribution in [3.8, 4) is 0 Å². The normalized spacial score (nSPS) is 10.3. The van der Waals surface area contributed by atoms with Crippen molar-refractivity contribution in [3.63, 3.8) is 0 Å². The molecule has 0 spiro atoms. The maximum atomic E-state index is 12.8. The Bertz CT molecular complexity index is 561. The van der Waals surface area contributed by atoms with Gasteiger partial charge in [0.25, 0.3) is 0 Å². The highest BCUT2D eigenvalue weighted by Crippen LogP contribution is 2.18. The van der Waals surface area contributed by atoms with Gasteiger partial charge in [-0.05, 0) is 55.0 Å². The van der Waals surface area contributed by atoms with Crippen molar-refractivity contribution in [1.29, 1.82) is 0 Å². The summed E-state index contributed by atoms with van der Waals surface area (Å²) in [5.41, 5.74) is 1.87.